The van der Waals surface area contributed by atoms with Crippen molar-refractivity contribution >= 4 is 5.97 Å². The molecule has 0 saturated heterocycles. The van der Waals surface area contributed by atoms with E-state index in [1.807, 2.05) is 6.07 Å². The van der Waals surface area contributed by atoms with Crippen molar-refractivity contribution in [3.8, 4) is 0 Å². The minimum absolute atomic E-state index is 0.191. The predicted molar refractivity (Wildman–Crippen MR) is 63.9 cm³/mol. The number of esters is 1. The predicted octanol–water partition coefficient (Wildman–Crippen LogP) is 2.83. The number of hydrogen-bond acceptors (Lipinski definition) is 2. The minimum atomic E-state index is -0.191. The van der Waals surface area contributed by atoms with Crippen LogP contribution in [-0.4, -0.2) is 13.1 Å². The molecule has 1 aliphatic rings. The lowest BCUT2D eigenvalue weighted by Gasteiger charge is -2.14. The number of benzene rings is 1. The Morgan fingerprint density at radius 1 is 1.38 bits per heavy atom. The molecule has 2 heteroatoms. The van der Waals surface area contributed by atoms with E-state index in [2.05, 4.69) is 13.8 Å². The number of carbonyl (C=O) groups excluding carboxylic acids is 1. The summed E-state index contributed by atoms with van der Waals surface area (Å²) in [7, 11) is 1.45. The molecule has 0 fully saturated rings. The molecule has 1 aliphatic carbocycles. The molecule has 0 unspecified atom stereocenters. The van der Waals surface area contributed by atoms with E-state index in [-0.39, 0.29) is 5.97 Å². The van der Waals surface area contributed by atoms with Crippen LogP contribution in [0.1, 0.15) is 46.0 Å². The van der Waals surface area contributed by atoms with Gasteiger partial charge in [-0.15, -0.1) is 0 Å². The third-order valence-electron chi connectivity index (χ3n) is 3.50. The fraction of sp³-hybridized carbons (Fsp3) is 0.500. The summed E-state index contributed by atoms with van der Waals surface area (Å²) < 4.78 is 4.85. The Morgan fingerprint density at radius 2 is 2.06 bits per heavy atom. The summed E-state index contributed by atoms with van der Waals surface area (Å²) in [5, 5.41) is 0. The quantitative estimate of drug-likeness (QED) is 0.713. The summed E-state index contributed by atoms with van der Waals surface area (Å²) in [4.78, 5) is 11.7. The van der Waals surface area contributed by atoms with Crippen LogP contribution in [-0.2, 0) is 24.0 Å². The first-order valence-electron chi connectivity index (χ1n) is 5.91. The highest BCUT2D eigenvalue weighted by Crippen LogP contribution is 2.31. The van der Waals surface area contributed by atoms with Crippen LogP contribution in [0, 0.1) is 6.92 Å². The Bertz CT molecular complexity index is 433. The van der Waals surface area contributed by atoms with Crippen molar-refractivity contribution in [2.75, 3.05) is 7.11 Å². The van der Waals surface area contributed by atoms with Gasteiger partial charge in [0.1, 0.15) is 0 Å². The molecule has 0 saturated carbocycles. The van der Waals surface area contributed by atoms with E-state index < -0.39 is 0 Å². The van der Waals surface area contributed by atoms with Gasteiger partial charge in [-0.05, 0) is 60.9 Å². The number of fused-ring (bicyclic) bond motifs is 1. The van der Waals surface area contributed by atoms with E-state index in [4.69, 9.17) is 4.74 Å². The van der Waals surface area contributed by atoms with E-state index in [9.17, 15) is 4.79 Å². The maximum atomic E-state index is 11.7. The number of aryl methyl sites for hydroxylation is 1. The van der Waals surface area contributed by atoms with E-state index in [0.29, 0.717) is 0 Å². The molecule has 0 aromatic heterocycles. The van der Waals surface area contributed by atoms with Crippen molar-refractivity contribution in [3.05, 3.63) is 33.9 Å². The van der Waals surface area contributed by atoms with Crippen molar-refractivity contribution in [1.29, 1.82) is 0 Å². The standard InChI is InChI=1S/C14H18O2/c1-4-10-9(2)8-13(14(15)16-3)12-7-5-6-11(10)12/h8H,4-7H2,1-3H3. The van der Waals surface area contributed by atoms with Gasteiger partial charge in [0.2, 0.25) is 0 Å². The summed E-state index contributed by atoms with van der Waals surface area (Å²) in [5.41, 5.74) is 6.07. The van der Waals surface area contributed by atoms with Crippen molar-refractivity contribution in [1.82, 2.24) is 0 Å². The molecule has 2 rings (SSSR count). The van der Waals surface area contributed by atoms with E-state index in [1.165, 1.54) is 29.4 Å². The van der Waals surface area contributed by atoms with Gasteiger partial charge in [-0.25, -0.2) is 4.79 Å². The summed E-state index contributed by atoms with van der Waals surface area (Å²) >= 11 is 0. The monoisotopic (exact) mass is 218 g/mol. The minimum Gasteiger partial charge on any atom is -0.465 e. The Kier molecular flexibility index (Phi) is 2.99. The molecule has 0 bridgehead atoms. The molecule has 2 nitrogen and oxygen atoms in total. The van der Waals surface area contributed by atoms with E-state index >= 15 is 0 Å². The van der Waals surface area contributed by atoms with Gasteiger partial charge in [-0.1, -0.05) is 6.92 Å². The molecule has 86 valence electrons. The van der Waals surface area contributed by atoms with Crippen LogP contribution < -0.4 is 0 Å². The Morgan fingerprint density at radius 3 is 2.69 bits per heavy atom. The van der Waals surface area contributed by atoms with E-state index in [0.717, 1.165) is 31.2 Å². The highest BCUT2D eigenvalue weighted by Gasteiger charge is 2.23. The third kappa shape index (κ3) is 1.62. The summed E-state index contributed by atoms with van der Waals surface area (Å²) in [6.07, 6.45) is 4.35. The van der Waals surface area contributed by atoms with Gasteiger partial charge in [0, 0.05) is 0 Å². The van der Waals surface area contributed by atoms with Crippen LogP contribution in [0.25, 0.3) is 0 Å². The topological polar surface area (TPSA) is 26.3 Å². The van der Waals surface area contributed by atoms with Crippen LogP contribution >= 0.6 is 0 Å². The SMILES string of the molecule is CCc1c(C)cc(C(=O)OC)c2c1CCC2. The molecular formula is C14H18O2. The fourth-order valence-corrected chi connectivity index (χ4v) is 2.79. The molecule has 0 amide bonds. The van der Waals surface area contributed by atoms with Crippen LogP contribution in [0.3, 0.4) is 0 Å². The molecule has 0 atom stereocenters. The first-order chi connectivity index (χ1) is 7.69. The first kappa shape index (κ1) is 11.2. The van der Waals surface area contributed by atoms with Gasteiger partial charge in [-0.3, -0.25) is 0 Å². The van der Waals surface area contributed by atoms with Crippen LogP contribution in [0.4, 0.5) is 0 Å². The Labute approximate surface area is 96.6 Å². The molecule has 1 aromatic carbocycles. The van der Waals surface area contributed by atoms with Gasteiger partial charge in [-0.2, -0.15) is 0 Å². The second kappa shape index (κ2) is 4.28. The molecule has 0 aliphatic heterocycles. The van der Waals surface area contributed by atoms with Crippen LogP contribution in [0.2, 0.25) is 0 Å². The fourth-order valence-electron chi connectivity index (χ4n) is 2.79. The molecule has 1 aromatic rings. The molecule has 0 N–H and O–H groups in total. The second-order valence-corrected chi connectivity index (χ2v) is 4.38. The van der Waals surface area contributed by atoms with Crippen LogP contribution in [0.15, 0.2) is 6.07 Å². The lowest BCUT2D eigenvalue weighted by molar-refractivity contribution is 0.0599. The normalized spacial score (nSPS) is 13.7. The van der Waals surface area contributed by atoms with Gasteiger partial charge in [0.05, 0.1) is 12.7 Å². The maximum Gasteiger partial charge on any atom is 0.338 e. The zero-order valence-corrected chi connectivity index (χ0v) is 10.2. The molecular weight excluding hydrogens is 200 g/mol. The number of ether oxygens (including phenoxy) is 1. The molecule has 0 heterocycles. The van der Waals surface area contributed by atoms with Crippen molar-refractivity contribution in [2.45, 2.75) is 39.5 Å². The van der Waals surface area contributed by atoms with Gasteiger partial charge >= 0.3 is 5.97 Å². The Balaban J connectivity index is 2.61. The zero-order chi connectivity index (χ0) is 11.7. The van der Waals surface area contributed by atoms with Gasteiger partial charge in [0.15, 0.2) is 0 Å². The smallest absolute Gasteiger partial charge is 0.338 e. The summed E-state index contributed by atoms with van der Waals surface area (Å²) in [6.45, 7) is 4.27. The van der Waals surface area contributed by atoms with Crippen molar-refractivity contribution < 1.29 is 9.53 Å². The van der Waals surface area contributed by atoms with Crippen molar-refractivity contribution in [2.24, 2.45) is 0 Å². The third-order valence-corrected chi connectivity index (χ3v) is 3.50. The average molecular weight is 218 g/mol. The van der Waals surface area contributed by atoms with Crippen molar-refractivity contribution in [3.63, 3.8) is 0 Å². The second-order valence-electron chi connectivity index (χ2n) is 4.38. The molecule has 16 heavy (non-hydrogen) atoms. The highest BCUT2D eigenvalue weighted by atomic mass is 16.5. The molecule has 0 spiro atoms. The number of rotatable bonds is 2. The average Bonchev–Trinajstić information content (AvgIpc) is 2.75. The number of carbonyl (C=O) groups is 1. The first-order valence-corrected chi connectivity index (χ1v) is 5.91. The number of hydrogen-bond donors (Lipinski definition) is 0. The van der Waals surface area contributed by atoms with Crippen LogP contribution in [0.5, 0.6) is 0 Å². The maximum absolute atomic E-state index is 11.7. The van der Waals surface area contributed by atoms with Gasteiger partial charge in [0.25, 0.3) is 0 Å². The molecule has 0 radical (unpaired) electrons. The summed E-state index contributed by atoms with van der Waals surface area (Å²) in [6, 6.07) is 1.99. The zero-order valence-electron chi connectivity index (χ0n) is 10.2. The van der Waals surface area contributed by atoms with E-state index in [1.54, 1.807) is 0 Å². The number of methoxy groups -OCH3 is 1. The Hall–Kier alpha value is -1.31. The largest absolute Gasteiger partial charge is 0.465 e. The summed E-state index contributed by atoms with van der Waals surface area (Å²) in [5.74, 6) is -0.191. The lowest BCUT2D eigenvalue weighted by Crippen LogP contribution is -2.08. The lowest BCUT2D eigenvalue weighted by atomic mass is 9.92. The van der Waals surface area contributed by atoms with Gasteiger partial charge < -0.3 is 4.74 Å². The highest BCUT2D eigenvalue weighted by molar-refractivity contribution is 5.92.